The number of carbonyl (C=O) groups is 3. The van der Waals surface area contributed by atoms with E-state index in [2.05, 4.69) is 18.6 Å². The Bertz CT molecular complexity index is 492. The Morgan fingerprint density at radius 3 is 1.45 bits per heavy atom. The first-order valence-corrected chi connectivity index (χ1v) is 12.2. The minimum Gasteiger partial charge on any atom is -0.419 e. The summed E-state index contributed by atoms with van der Waals surface area (Å²) in [5.41, 5.74) is 0. The first kappa shape index (κ1) is 29.5. The van der Waals surface area contributed by atoms with Crippen molar-refractivity contribution in [1.29, 1.82) is 0 Å². The Morgan fingerprint density at radius 2 is 1.03 bits per heavy atom. The zero-order valence-corrected chi connectivity index (χ0v) is 19.7. The Labute approximate surface area is 187 Å². The monoisotopic (exact) mass is 444 g/mol. The van der Waals surface area contributed by atoms with E-state index in [1.165, 1.54) is 38.5 Å². The highest BCUT2D eigenvalue weighted by atomic mass is 16.7. The molecule has 0 bridgehead atoms. The number of unbranched alkanes of at least 4 members (excludes halogenated alkanes) is 13. The number of hydrogen-bond donors (Lipinski definition) is 2. The normalized spacial score (nSPS) is 12.9. The second kappa shape index (κ2) is 19.2. The molecule has 0 fully saturated rings. The van der Waals surface area contributed by atoms with E-state index >= 15 is 0 Å². The molecule has 0 amide bonds. The molecule has 0 aromatic carbocycles. The van der Waals surface area contributed by atoms with E-state index < -0.39 is 30.3 Å². The molecular weight excluding hydrogens is 400 g/mol. The second-order valence-electron chi connectivity index (χ2n) is 8.27. The average Bonchev–Trinajstić information content (AvgIpc) is 2.74. The standard InChI is InChI=1S/C24H44O7/c1-3-5-7-9-10-11-12-13-15-16-18-21(26)30-23(28)24(29,20-25)31-22(27)19-17-14-8-6-4-2/h25,29H,3-20H2,1-2H3. The van der Waals surface area contributed by atoms with Gasteiger partial charge >= 0.3 is 23.7 Å². The predicted molar refractivity (Wildman–Crippen MR) is 119 cm³/mol. The van der Waals surface area contributed by atoms with Gasteiger partial charge in [-0.25, -0.2) is 4.79 Å². The van der Waals surface area contributed by atoms with Crippen LogP contribution in [0.15, 0.2) is 0 Å². The van der Waals surface area contributed by atoms with Gasteiger partial charge in [0.25, 0.3) is 0 Å². The maximum Gasteiger partial charge on any atom is 0.389 e. The van der Waals surface area contributed by atoms with Gasteiger partial charge in [0, 0.05) is 12.8 Å². The molecule has 182 valence electrons. The van der Waals surface area contributed by atoms with Gasteiger partial charge < -0.3 is 19.7 Å². The van der Waals surface area contributed by atoms with Gasteiger partial charge in [0.2, 0.25) is 0 Å². The third-order valence-electron chi connectivity index (χ3n) is 5.24. The molecule has 2 N–H and O–H groups in total. The molecule has 0 radical (unpaired) electrons. The first-order valence-electron chi connectivity index (χ1n) is 12.2. The molecule has 0 heterocycles. The molecule has 0 aliphatic heterocycles. The van der Waals surface area contributed by atoms with Gasteiger partial charge in [-0.2, -0.15) is 0 Å². The smallest absolute Gasteiger partial charge is 0.389 e. The lowest BCUT2D eigenvalue weighted by molar-refractivity contribution is -0.236. The molecule has 31 heavy (non-hydrogen) atoms. The highest BCUT2D eigenvalue weighted by Crippen LogP contribution is 2.15. The largest absolute Gasteiger partial charge is 0.419 e. The molecule has 0 saturated carbocycles. The van der Waals surface area contributed by atoms with Crippen molar-refractivity contribution in [3.05, 3.63) is 0 Å². The van der Waals surface area contributed by atoms with E-state index in [0.717, 1.165) is 44.9 Å². The maximum atomic E-state index is 12.0. The van der Waals surface area contributed by atoms with Crippen molar-refractivity contribution in [3.63, 3.8) is 0 Å². The number of hydrogen-bond acceptors (Lipinski definition) is 7. The van der Waals surface area contributed by atoms with Crippen LogP contribution in [0, 0.1) is 0 Å². The molecule has 0 aromatic heterocycles. The summed E-state index contributed by atoms with van der Waals surface area (Å²) in [7, 11) is 0. The lowest BCUT2D eigenvalue weighted by Gasteiger charge is -2.22. The van der Waals surface area contributed by atoms with Crippen LogP contribution in [0.4, 0.5) is 0 Å². The molecule has 0 aliphatic rings. The van der Waals surface area contributed by atoms with Gasteiger partial charge in [-0.1, -0.05) is 97.3 Å². The first-order chi connectivity index (χ1) is 14.9. The lowest BCUT2D eigenvalue weighted by Crippen LogP contribution is -2.48. The van der Waals surface area contributed by atoms with Crippen molar-refractivity contribution in [1.82, 2.24) is 0 Å². The van der Waals surface area contributed by atoms with Crippen LogP contribution in [0.1, 0.15) is 123 Å². The van der Waals surface area contributed by atoms with Gasteiger partial charge in [-0.3, -0.25) is 9.59 Å². The van der Waals surface area contributed by atoms with Gasteiger partial charge in [0.15, 0.2) is 0 Å². The van der Waals surface area contributed by atoms with E-state index in [9.17, 15) is 24.6 Å². The number of rotatable bonds is 20. The minimum atomic E-state index is -2.84. The van der Waals surface area contributed by atoms with Crippen molar-refractivity contribution in [2.75, 3.05) is 6.61 Å². The second-order valence-corrected chi connectivity index (χ2v) is 8.27. The molecule has 0 spiro atoms. The van der Waals surface area contributed by atoms with Crippen molar-refractivity contribution < 1.29 is 34.1 Å². The molecule has 0 aliphatic carbocycles. The summed E-state index contributed by atoms with van der Waals surface area (Å²) < 4.78 is 9.28. The molecule has 7 heteroatoms. The lowest BCUT2D eigenvalue weighted by atomic mass is 10.1. The molecule has 1 unspecified atom stereocenters. The van der Waals surface area contributed by atoms with Crippen molar-refractivity contribution in [2.45, 2.75) is 129 Å². The summed E-state index contributed by atoms with van der Waals surface area (Å²) in [6.45, 7) is 3.11. The van der Waals surface area contributed by atoms with Crippen molar-refractivity contribution in [2.24, 2.45) is 0 Å². The van der Waals surface area contributed by atoms with E-state index in [4.69, 9.17) is 4.74 Å². The van der Waals surface area contributed by atoms with Gasteiger partial charge in [0.05, 0.1) is 0 Å². The Hall–Kier alpha value is -1.47. The quantitative estimate of drug-likeness (QED) is 0.118. The summed E-state index contributed by atoms with van der Waals surface area (Å²) in [4.78, 5) is 35.7. The molecular formula is C24H44O7. The molecule has 0 saturated heterocycles. The van der Waals surface area contributed by atoms with Crippen molar-refractivity contribution in [3.8, 4) is 0 Å². The molecule has 0 rings (SSSR count). The maximum absolute atomic E-state index is 12.0. The Morgan fingerprint density at radius 1 is 0.645 bits per heavy atom. The van der Waals surface area contributed by atoms with Crippen LogP contribution in [0.3, 0.4) is 0 Å². The molecule has 7 nitrogen and oxygen atoms in total. The third kappa shape index (κ3) is 15.9. The number of aliphatic hydroxyl groups excluding tert-OH is 1. The third-order valence-corrected chi connectivity index (χ3v) is 5.24. The van der Waals surface area contributed by atoms with Crippen LogP contribution in [-0.2, 0) is 23.9 Å². The Balaban J connectivity index is 4.01. The zero-order chi connectivity index (χ0) is 23.4. The van der Waals surface area contributed by atoms with Crippen LogP contribution in [0.25, 0.3) is 0 Å². The van der Waals surface area contributed by atoms with Crippen LogP contribution in [0.2, 0.25) is 0 Å². The average molecular weight is 445 g/mol. The van der Waals surface area contributed by atoms with Crippen LogP contribution in [0.5, 0.6) is 0 Å². The number of aliphatic hydroxyl groups is 2. The number of ether oxygens (including phenoxy) is 2. The highest BCUT2D eigenvalue weighted by molar-refractivity contribution is 5.90. The van der Waals surface area contributed by atoms with Gasteiger partial charge in [-0.05, 0) is 12.8 Å². The molecule has 0 aromatic rings. The summed E-state index contributed by atoms with van der Waals surface area (Å²) in [5, 5.41) is 19.4. The van der Waals surface area contributed by atoms with Crippen LogP contribution in [-0.4, -0.2) is 40.5 Å². The predicted octanol–water partition coefficient (Wildman–Crippen LogP) is 4.95. The zero-order valence-electron chi connectivity index (χ0n) is 19.7. The fraction of sp³-hybridized carbons (Fsp3) is 0.875. The molecule has 1 atom stereocenters. The summed E-state index contributed by atoms with van der Waals surface area (Å²) in [5.74, 6) is -5.90. The summed E-state index contributed by atoms with van der Waals surface area (Å²) in [6.07, 6.45) is 15.7. The van der Waals surface area contributed by atoms with Gasteiger partial charge in [0.1, 0.15) is 6.61 Å². The topological polar surface area (TPSA) is 110 Å². The van der Waals surface area contributed by atoms with Crippen LogP contribution < -0.4 is 0 Å². The number of esters is 3. The van der Waals surface area contributed by atoms with Crippen LogP contribution >= 0.6 is 0 Å². The van der Waals surface area contributed by atoms with E-state index in [0.29, 0.717) is 12.8 Å². The van der Waals surface area contributed by atoms with Crippen molar-refractivity contribution >= 4 is 17.9 Å². The fourth-order valence-corrected chi connectivity index (χ4v) is 3.24. The minimum absolute atomic E-state index is 0.0197. The summed E-state index contributed by atoms with van der Waals surface area (Å²) in [6, 6.07) is 0. The Kier molecular flexibility index (Phi) is 18.3. The number of carbonyl (C=O) groups excluding carboxylic acids is 3. The SMILES string of the molecule is CCCCCCCCCCCCC(=O)OC(=O)C(O)(CO)OC(=O)CCCCCCC. The fourth-order valence-electron chi connectivity index (χ4n) is 3.24. The van der Waals surface area contributed by atoms with E-state index in [1.54, 1.807) is 0 Å². The van der Waals surface area contributed by atoms with E-state index in [1.807, 2.05) is 0 Å². The van der Waals surface area contributed by atoms with E-state index in [-0.39, 0.29) is 12.8 Å². The highest BCUT2D eigenvalue weighted by Gasteiger charge is 2.43. The van der Waals surface area contributed by atoms with Gasteiger partial charge in [-0.15, -0.1) is 0 Å². The summed E-state index contributed by atoms with van der Waals surface area (Å²) >= 11 is 0.